The van der Waals surface area contributed by atoms with Crippen LogP contribution in [0.25, 0.3) is 0 Å². The van der Waals surface area contributed by atoms with Gasteiger partial charge in [0.15, 0.2) is 5.22 Å². The maximum absolute atomic E-state index is 5.77. The van der Waals surface area contributed by atoms with Crippen LogP contribution in [0.4, 0.5) is 5.95 Å². The zero-order valence-corrected chi connectivity index (χ0v) is 11.9. The summed E-state index contributed by atoms with van der Waals surface area (Å²) in [6.45, 7) is 2.62. The molecule has 1 aliphatic rings. The fourth-order valence-corrected chi connectivity index (χ4v) is 2.63. The number of rotatable bonds is 4. The van der Waals surface area contributed by atoms with Crippen LogP contribution in [0.1, 0.15) is 18.6 Å². The Labute approximate surface area is 123 Å². The first-order chi connectivity index (χ1) is 9.81. The van der Waals surface area contributed by atoms with Gasteiger partial charge in [0.2, 0.25) is 5.95 Å². The molecule has 0 radical (unpaired) electrons. The Bertz CT molecular complexity index is 545. The Hall–Kier alpha value is -1.59. The van der Waals surface area contributed by atoms with Crippen LogP contribution >= 0.6 is 11.6 Å². The Morgan fingerprint density at radius 1 is 1.35 bits per heavy atom. The Balaban J connectivity index is 1.55. The predicted octanol–water partition coefficient (Wildman–Crippen LogP) is 2.48. The zero-order valence-electron chi connectivity index (χ0n) is 11.1. The first-order valence-corrected chi connectivity index (χ1v) is 7.18. The van der Waals surface area contributed by atoms with Crippen LogP contribution < -0.4 is 10.2 Å². The lowest BCUT2D eigenvalue weighted by Crippen LogP contribution is -2.46. The maximum atomic E-state index is 5.77. The van der Waals surface area contributed by atoms with E-state index in [1.807, 2.05) is 12.1 Å². The average Bonchev–Trinajstić information content (AvgIpc) is 2.92. The molecule has 0 bridgehead atoms. The number of piperidine rings is 1. The molecular weight excluding hydrogens is 276 g/mol. The summed E-state index contributed by atoms with van der Waals surface area (Å²) in [7, 11) is 0. The monoisotopic (exact) mass is 292 g/mol. The fraction of sp³-hybridized carbons (Fsp3) is 0.429. The Morgan fingerprint density at radius 3 is 2.95 bits per heavy atom. The van der Waals surface area contributed by atoms with Crippen LogP contribution in [0.15, 0.2) is 35.0 Å². The highest BCUT2D eigenvalue weighted by Gasteiger charge is 2.21. The first kappa shape index (κ1) is 13.4. The highest BCUT2D eigenvalue weighted by Crippen LogP contribution is 2.17. The van der Waals surface area contributed by atoms with Gasteiger partial charge in [0, 0.05) is 31.5 Å². The molecule has 0 spiro atoms. The molecular formula is C14H17ClN4O. The van der Waals surface area contributed by atoms with E-state index in [1.54, 1.807) is 18.5 Å². The molecule has 1 N–H and O–H groups in total. The number of anilines is 1. The second-order valence-corrected chi connectivity index (χ2v) is 5.29. The molecule has 1 saturated heterocycles. The van der Waals surface area contributed by atoms with Crippen molar-refractivity contribution in [1.82, 2.24) is 15.3 Å². The SMILES string of the molecule is Clc1ccc(CN[C@H]2CCCN(c3ncccn3)C2)o1. The number of hydrogen-bond donors (Lipinski definition) is 1. The van der Waals surface area contributed by atoms with Crippen molar-refractivity contribution in [3.8, 4) is 0 Å². The summed E-state index contributed by atoms with van der Waals surface area (Å²) in [6, 6.07) is 5.92. The normalized spacial score (nSPS) is 19.2. The van der Waals surface area contributed by atoms with E-state index in [0.717, 1.165) is 37.6 Å². The number of nitrogens with one attached hydrogen (secondary N) is 1. The summed E-state index contributed by atoms with van der Waals surface area (Å²) in [5, 5.41) is 3.94. The molecule has 2 aromatic heterocycles. The van der Waals surface area contributed by atoms with Crippen molar-refractivity contribution in [2.75, 3.05) is 18.0 Å². The summed E-state index contributed by atoms with van der Waals surface area (Å²) in [5.41, 5.74) is 0. The molecule has 1 atom stereocenters. The molecule has 5 nitrogen and oxygen atoms in total. The van der Waals surface area contributed by atoms with E-state index in [-0.39, 0.29) is 0 Å². The standard InChI is InChI=1S/C14H17ClN4O/c15-13-5-4-12(20-13)9-18-11-3-1-8-19(10-11)14-16-6-2-7-17-14/h2,4-7,11,18H,1,3,8-10H2/t11-/m0/s1. The van der Waals surface area contributed by atoms with Crippen molar-refractivity contribution < 1.29 is 4.42 Å². The fourth-order valence-electron chi connectivity index (χ4n) is 2.47. The van der Waals surface area contributed by atoms with E-state index >= 15 is 0 Å². The molecule has 6 heteroatoms. The molecule has 1 fully saturated rings. The third kappa shape index (κ3) is 3.29. The molecule has 0 unspecified atom stereocenters. The topological polar surface area (TPSA) is 54.2 Å². The molecule has 0 aliphatic carbocycles. The summed E-state index contributed by atoms with van der Waals surface area (Å²) in [6.07, 6.45) is 5.85. The van der Waals surface area contributed by atoms with Gasteiger partial charge in [0.05, 0.1) is 6.54 Å². The number of furan rings is 1. The van der Waals surface area contributed by atoms with Crippen LogP contribution in [-0.2, 0) is 6.54 Å². The lowest BCUT2D eigenvalue weighted by Gasteiger charge is -2.33. The van der Waals surface area contributed by atoms with Crippen molar-refractivity contribution in [3.05, 3.63) is 41.6 Å². The predicted molar refractivity (Wildman–Crippen MR) is 77.8 cm³/mol. The second kappa shape index (κ2) is 6.24. The summed E-state index contributed by atoms with van der Waals surface area (Å²) in [4.78, 5) is 10.8. The van der Waals surface area contributed by atoms with E-state index in [4.69, 9.17) is 16.0 Å². The number of nitrogens with zero attached hydrogens (tertiary/aromatic N) is 3. The molecule has 106 valence electrons. The van der Waals surface area contributed by atoms with E-state index in [0.29, 0.717) is 17.8 Å². The van der Waals surface area contributed by atoms with Gasteiger partial charge in [0.25, 0.3) is 0 Å². The van der Waals surface area contributed by atoms with Crippen LogP contribution in [0.5, 0.6) is 0 Å². The summed E-state index contributed by atoms with van der Waals surface area (Å²) in [5.74, 6) is 1.67. The summed E-state index contributed by atoms with van der Waals surface area (Å²) < 4.78 is 5.35. The van der Waals surface area contributed by atoms with Gasteiger partial charge in [-0.15, -0.1) is 0 Å². The Morgan fingerprint density at radius 2 is 2.20 bits per heavy atom. The second-order valence-electron chi connectivity index (χ2n) is 4.92. The van der Waals surface area contributed by atoms with Gasteiger partial charge in [-0.2, -0.15) is 0 Å². The van der Waals surface area contributed by atoms with Crippen molar-refractivity contribution in [3.63, 3.8) is 0 Å². The first-order valence-electron chi connectivity index (χ1n) is 6.81. The number of halogens is 1. The number of aromatic nitrogens is 2. The zero-order chi connectivity index (χ0) is 13.8. The minimum atomic E-state index is 0.413. The largest absolute Gasteiger partial charge is 0.448 e. The lowest BCUT2D eigenvalue weighted by atomic mass is 10.1. The highest BCUT2D eigenvalue weighted by atomic mass is 35.5. The van der Waals surface area contributed by atoms with Gasteiger partial charge >= 0.3 is 0 Å². The molecule has 2 aromatic rings. The van der Waals surface area contributed by atoms with E-state index in [2.05, 4.69) is 20.2 Å². The summed E-state index contributed by atoms with van der Waals surface area (Å²) >= 11 is 5.77. The quantitative estimate of drug-likeness (QED) is 0.938. The third-order valence-corrected chi connectivity index (χ3v) is 3.65. The van der Waals surface area contributed by atoms with Gasteiger partial charge in [-0.3, -0.25) is 0 Å². The molecule has 3 heterocycles. The molecule has 0 saturated carbocycles. The van der Waals surface area contributed by atoms with Gasteiger partial charge in [0.1, 0.15) is 5.76 Å². The van der Waals surface area contributed by atoms with E-state index in [1.165, 1.54) is 0 Å². The maximum Gasteiger partial charge on any atom is 0.225 e. The van der Waals surface area contributed by atoms with Crippen LogP contribution in [0.3, 0.4) is 0 Å². The van der Waals surface area contributed by atoms with Gasteiger partial charge in [-0.1, -0.05) is 0 Å². The van der Waals surface area contributed by atoms with Gasteiger partial charge < -0.3 is 14.6 Å². The molecule has 0 amide bonds. The van der Waals surface area contributed by atoms with Crippen molar-refractivity contribution in [2.45, 2.75) is 25.4 Å². The van der Waals surface area contributed by atoms with Crippen molar-refractivity contribution >= 4 is 17.5 Å². The van der Waals surface area contributed by atoms with Crippen molar-refractivity contribution in [1.29, 1.82) is 0 Å². The number of hydrogen-bond acceptors (Lipinski definition) is 5. The minimum Gasteiger partial charge on any atom is -0.448 e. The third-order valence-electron chi connectivity index (χ3n) is 3.45. The van der Waals surface area contributed by atoms with E-state index in [9.17, 15) is 0 Å². The molecule has 1 aliphatic heterocycles. The van der Waals surface area contributed by atoms with Crippen LogP contribution in [0, 0.1) is 0 Å². The molecule has 3 rings (SSSR count). The Kier molecular flexibility index (Phi) is 4.18. The smallest absolute Gasteiger partial charge is 0.225 e. The van der Waals surface area contributed by atoms with E-state index < -0.39 is 0 Å². The van der Waals surface area contributed by atoms with Gasteiger partial charge in [-0.05, 0) is 42.6 Å². The van der Waals surface area contributed by atoms with Crippen molar-refractivity contribution in [2.24, 2.45) is 0 Å². The molecule has 0 aromatic carbocycles. The lowest BCUT2D eigenvalue weighted by molar-refractivity contribution is 0.393. The average molecular weight is 293 g/mol. The highest BCUT2D eigenvalue weighted by molar-refractivity contribution is 6.28. The van der Waals surface area contributed by atoms with Crippen LogP contribution in [0.2, 0.25) is 5.22 Å². The minimum absolute atomic E-state index is 0.413. The molecule has 20 heavy (non-hydrogen) atoms. The van der Waals surface area contributed by atoms with Gasteiger partial charge in [-0.25, -0.2) is 9.97 Å². The van der Waals surface area contributed by atoms with Crippen LogP contribution in [-0.4, -0.2) is 29.1 Å².